The van der Waals surface area contributed by atoms with Gasteiger partial charge in [-0.05, 0) is 29.8 Å². The molecule has 20 heavy (non-hydrogen) atoms. The highest BCUT2D eigenvalue weighted by molar-refractivity contribution is 5.75. The Kier molecular flexibility index (Phi) is 3.05. The topological polar surface area (TPSA) is 63.7 Å². The van der Waals surface area contributed by atoms with Crippen molar-refractivity contribution in [2.75, 3.05) is 7.11 Å². The van der Waals surface area contributed by atoms with Crippen molar-refractivity contribution >= 4 is 11.0 Å². The van der Waals surface area contributed by atoms with E-state index >= 15 is 0 Å². The molecule has 0 aliphatic carbocycles. The first-order valence-corrected chi connectivity index (χ1v) is 6.16. The molecule has 2 aromatic carbocycles. The third kappa shape index (κ3) is 2.31. The maximum Gasteiger partial charge on any atom is 0.121 e. The summed E-state index contributed by atoms with van der Waals surface area (Å²) in [7, 11) is 1.63. The predicted molar refractivity (Wildman–Crippen MR) is 74.3 cm³/mol. The Bertz CT molecular complexity index is 784. The molecule has 1 heterocycles. The number of hydrogen-bond donors (Lipinski definition) is 0. The molecule has 98 valence electrons. The van der Waals surface area contributed by atoms with Gasteiger partial charge in [0.1, 0.15) is 16.8 Å². The van der Waals surface area contributed by atoms with E-state index in [-0.39, 0.29) is 0 Å². The first-order chi connectivity index (χ1) is 9.78. The molecule has 0 fully saturated rings. The maximum absolute atomic E-state index is 8.77. The second-order valence-corrected chi connectivity index (χ2v) is 4.39. The maximum atomic E-state index is 8.77. The van der Waals surface area contributed by atoms with Crippen molar-refractivity contribution in [3.8, 4) is 11.8 Å². The van der Waals surface area contributed by atoms with E-state index in [0.717, 1.165) is 22.3 Å². The number of aromatic nitrogens is 3. The minimum absolute atomic E-state index is 0.572. The largest absolute Gasteiger partial charge is 0.497 e. The molecule has 3 rings (SSSR count). The Labute approximate surface area is 116 Å². The molecule has 3 aromatic rings. The molecule has 5 heteroatoms. The Balaban J connectivity index is 1.88. The Morgan fingerprint density at radius 2 is 1.85 bits per heavy atom. The molecule has 0 aliphatic rings. The zero-order valence-electron chi connectivity index (χ0n) is 10.9. The SMILES string of the molecule is COc1ccc2nn(Cc3ccc(C#N)cc3)nc2c1. The van der Waals surface area contributed by atoms with Crippen LogP contribution in [0.15, 0.2) is 42.5 Å². The molecule has 0 aliphatic heterocycles. The van der Waals surface area contributed by atoms with E-state index in [2.05, 4.69) is 16.3 Å². The monoisotopic (exact) mass is 264 g/mol. The molecule has 1 aromatic heterocycles. The van der Waals surface area contributed by atoms with Crippen LogP contribution >= 0.6 is 0 Å². The number of rotatable bonds is 3. The molecule has 0 spiro atoms. The summed E-state index contributed by atoms with van der Waals surface area (Å²) in [5.74, 6) is 0.767. The van der Waals surface area contributed by atoms with Gasteiger partial charge >= 0.3 is 0 Å². The summed E-state index contributed by atoms with van der Waals surface area (Å²) in [5, 5.41) is 17.6. The zero-order chi connectivity index (χ0) is 13.9. The Hall–Kier alpha value is -2.87. The van der Waals surface area contributed by atoms with E-state index in [1.807, 2.05) is 30.3 Å². The molecule has 0 bridgehead atoms. The van der Waals surface area contributed by atoms with E-state index in [1.165, 1.54) is 0 Å². The highest BCUT2D eigenvalue weighted by Crippen LogP contribution is 2.17. The molecule has 0 saturated heterocycles. The summed E-state index contributed by atoms with van der Waals surface area (Å²) in [6.07, 6.45) is 0. The molecule has 0 unspecified atom stereocenters. The van der Waals surface area contributed by atoms with Gasteiger partial charge in [-0.25, -0.2) is 0 Å². The number of nitriles is 1. The van der Waals surface area contributed by atoms with E-state index in [4.69, 9.17) is 10.00 Å². The van der Waals surface area contributed by atoms with Gasteiger partial charge in [-0.1, -0.05) is 12.1 Å². The smallest absolute Gasteiger partial charge is 0.121 e. The van der Waals surface area contributed by atoms with Crippen molar-refractivity contribution in [2.24, 2.45) is 0 Å². The van der Waals surface area contributed by atoms with Crippen LogP contribution in [0, 0.1) is 11.3 Å². The van der Waals surface area contributed by atoms with Crippen molar-refractivity contribution in [3.63, 3.8) is 0 Å². The highest BCUT2D eigenvalue weighted by atomic mass is 16.5. The van der Waals surface area contributed by atoms with Crippen LogP contribution < -0.4 is 4.74 Å². The molecular weight excluding hydrogens is 252 g/mol. The van der Waals surface area contributed by atoms with Gasteiger partial charge in [-0.15, -0.1) is 0 Å². The van der Waals surface area contributed by atoms with E-state index < -0.39 is 0 Å². The summed E-state index contributed by atoms with van der Waals surface area (Å²) in [6.45, 7) is 0.572. The van der Waals surface area contributed by atoms with Crippen molar-refractivity contribution in [2.45, 2.75) is 6.54 Å². The van der Waals surface area contributed by atoms with E-state index in [1.54, 1.807) is 24.0 Å². The van der Waals surface area contributed by atoms with Crippen molar-refractivity contribution in [1.82, 2.24) is 15.0 Å². The average molecular weight is 264 g/mol. The van der Waals surface area contributed by atoms with Crippen LogP contribution in [0.25, 0.3) is 11.0 Å². The molecule has 0 N–H and O–H groups in total. The van der Waals surface area contributed by atoms with E-state index in [0.29, 0.717) is 12.1 Å². The molecule has 0 radical (unpaired) electrons. The van der Waals surface area contributed by atoms with Gasteiger partial charge in [0, 0.05) is 6.07 Å². The Morgan fingerprint density at radius 1 is 1.10 bits per heavy atom. The molecule has 5 nitrogen and oxygen atoms in total. The standard InChI is InChI=1S/C15H12N4O/c1-20-13-6-7-14-15(8-13)18-19(17-14)10-12-4-2-11(9-16)3-5-12/h2-8H,10H2,1H3. The van der Waals surface area contributed by atoms with Crippen LogP contribution in [-0.2, 0) is 6.54 Å². The quantitative estimate of drug-likeness (QED) is 0.728. The number of methoxy groups -OCH3 is 1. The van der Waals surface area contributed by atoms with Crippen LogP contribution in [0.1, 0.15) is 11.1 Å². The third-order valence-electron chi connectivity index (χ3n) is 3.04. The normalized spacial score (nSPS) is 10.4. The molecule has 0 atom stereocenters. The Morgan fingerprint density at radius 3 is 2.55 bits per heavy atom. The number of benzene rings is 2. The predicted octanol–water partition coefficient (Wildman–Crippen LogP) is 2.36. The summed E-state index contributed by atoms with van der Waals surface area (Å²) in [4.78, 5) is 1.64. The summed E-state index contributed by atoms with van der Waals surface area (Å²) >= 11 is 0. The highest BCUT2D eigenvalue weighted by Gasteiger charge is 2.04. The van der Waals surface area contributed by atoms with Crippen LogP contribution in [0.2, 0.25) is 0 Å². The van der Waals surface area contributed by atoms with Gasteiger partial charge in [0.05, 0.1) is 25.3 Å². The summed E-state index contributed by atoms with van der Waals surface area (Å²) in [5.41, 5.74) is 3.34. The second kappa shape index (κ2) is 5.02. The number of nitrogens with zero attached hydrogens (tertiary/aromatic N) is 4. The lowest BCUT2D eigenvalue weighted by Crippen LogP contribution is -2.03. The van der Waals surface area contributed by atoms with Gasteiger partial charge in [-0.2, -0.15) is 20.3 Å². The summed E-state index contributed by atoms with van der Waals surface area (Å²) < 4.78 is 5.17. The van der Waals surface area contributed by atoms with Crippen molar-refractivity contribution in [1.29, 1.82) is 5.26 Å². The van der Waals surface area contributed by atoms with E-state index in [9.17, 15) is 0 Å². The zero-order valence-corrected chi connectivity index (χ0v) is 10.9. The van der Waals surface area contributed by atoms with Crippen LogP contribution in [0.4, 0.5) is 0 Å². The number of hydrogen-bond acceptors (Lipinski definition) is 4. The fourth-order valence-electron chi connectivity index (χ4n) is 1.98. The fraction of sp³-hybridized carbons (Fsp3) is 0.133. The average Bonchev–Trinajstić information content (AvgIpc) is 2.89. The number of ether oxygens (including phenoxy) is 1. The van der Waals surface area contributed by atoms with Crippen LogP contribution in [0.5, 0.6) is 5.75 Å². The minimum Gasteiger partial charge on any atom is -0.497 e. The van der Waals surface area contributed by atoms with Gasteiger partial charge in [-0.3, -0.25) is 0 Å². The molecular formula is C15H12N4O. The number of fused-ring (bicyclic) bond motifs is 1. The third-order valence-corrected chi connectivity index (χ3v) is 3.04. The first-order valence-electron chi connectivity index (χ1n) is 6.16. The minimum atomic E-state index is 0.572. The second-order valence-electron chi connectivity index (χ2n) is 4.39. The van der Waals surface area contributed by atoms with Crippen molar-refractivity contribution < 1.29 is 4.74 Å². The van der Waals surface area contributed by atoms with Crippen LogP contribution in [-0.4, -0.2) is 22.1 Å². The molecule has 0 amide bonds. The molecule has 0 saturated carbocycles. The lowest BCUT2D eigenvalue weighted by Gasteiger charge is -1.99. The van der Waals surface area contributed by atoms with Gasteiger partial charge in [0.25, 0.3) is 0 Å². The first kappa shape index (κ1) is 12.2. The lowest BCUT2D eigenvalue weighted by molar-refractivity contribution is 0.415. The fourth-order valence-corrected chi connectivity index (χ4v) is 1.98. The van der Waals surface area contributed by atoms with Gasteiger partial charge < -0.3 is 4.74 Å². The van der Waals surface area contributed by atoms with Gasteiger partial charge in [0.2, 0.25) is 0 Å². The van der Waals surface area contributed by atoms with Gasteiger partial charge in [0.15, 0.2) is 0 Å². The van der Waals surface area contributed by atoms with Crippen molar-refractivity contribution in [3.05, 3.63) is 53.6 Å². The lowest BCUT2D eigenvalue weighted by atomic mass is 10.1. The van der Waals surface area contributed by atoms with Crippen LogP contribution in [0.3, 0.4) is 0 Å². The summed E-state index contributed by atoms with van der Waals surface area (Å²) in [6, 6.07) is 15.1.